The van der Waals surface area contributed by atoms with Crippen LogP contribution in [-0.2, 0) is 12.8 Å². The lowest BCUT2D eigenvalue weighted by atomic mass is 10.0. The molecule has 1 unspecified atom stereocenters. The van der Waals surface area contributed by atoms with Crippen LogP contribution in [-0.4, -0.2) is 24.1 Å². The molecule has 0 aromatic carbocycles. The Labute approximate surface area is 94.3 Å². The molecule has 1 saturated heterocycles. The summed E-state index contributed by atoms with van der Waals surface area (Å²) < 4.78 is 0. The van der Waals surface area contributed by atoms with Crippen molar-refractivity contribution in [1.29, 1.82) is 0 Å². The lowest BCUT2D eigenvalue weighted by Crippen LogP contribution is -2.21. The van der Waals surface area contributed by atoms with E-state index in [1.165, 1.54) is 42.7 Å². The zero-order chi connectivity index (χ0) is 10.1. The number of hydrogen-bond acceptors (Lipinski definition) is 4. The minimum absolute atomic E-state index is 0.595. The standard InChI is InChI=1S/C11H17N3S/c1-2-4-10-9(3-1)14-11(15-10)13-8-5-6-12-7-8/h8,12H,1-7H2,(H,13,14). The first-order chi connectivity index (χ1) is 7.42. The molecular formula is C11H17N3S. The summed E-state index contributed by atoms with van der Waals surface area (Å²) in [5, 5.41) is 8.06. The molecule has 82 valence electrons. The van der Waals surface area contributed by atoms with E-state index in [1.807, 2.05) is 11.3 Å². The first-order valence-corrected chi connectivity index (χ1v) is 6.69. The Bertz CT molecular complexity index is 318. The maximum absolute atomic E-state index is 4.69. The predicted molar refractivity (Wildman–Crippen MR) is 63.7 cm³/mol. The molecule has 1 aliphatic heterocycles. The topological polar surface area (TPSA) is 37.0 Å². The van der Waals surface area contributed by atoms with Gasteiger partial charge in [-0.2, -0.15) is 0 Å². The molecule has 15 heavy (non-hydrogen) atoms. The number of rotatable bonds is 2. The zero-order valence-electron chi connectivity index (χ0n) is 8.88. The summed E-state index contributed by atoms with van der Waals surface area (Å²) >= 11 is 1.87. The Morgan fingerprint density at radius 3 is 3.07 bits per heavy atom. The van der Waals surface area contributed by atoms with E-state index in [1.54, 1.807) is 0 Å². The van der Waals surface area contributed by atoms with Gasteiger partial charge in [-0.3, -0.25) is 0 Å². The molecular weight excluding hydrogens is 206 g/mol. The molecule has 0 amide bonds. The highest BCUT2D eigenvalue weighted by atomic mass is 32.1. The molecule has 4 heteroatoms. The van der Waals surface area contributed by atoms with Crippen LogP contribution in [0.2, 0.25) is 0 Å². The van der Waals surface area contributed by atoms with Crippen molar-refractivity contribution in [1.82, 2.24) is 10.3 Å². The van der Waals surface area contributed by atoms with Crippen molar-refractivity contribution in [3.8, 4) is 0 Å². The number of thiazole rings is 1. The third-order valence-corrected chi connectivity index (χ3v) is 4.32. The highest BCUT2D eigenvalue weighted by Crippen LogP contribution is 2.30. The molecule has 0 radical (unpaired) electrons. The summed E-state index contributed by atoms with van der Waals surface area (Å²) in [6, 6.07) is 0.595. The monoisotopic (exact) mass is 223 g/mol. The summed E-state index contributed by atoms with van der Waals surface area (Å²) in [5.74, 6) is 0. The van der Waals surface area contributed by atoms with Crippen molar-refractivity contribution >= 4 is 16.5 Å². The van der Waals surface area contributed by atoms with E-state index in [4.69, 9.17) is 4.98 Å². The number of anilines is 1. The molecule has 0 spiro atoms. The quantitative estimate of drug-likeness (QED) is 0.802. The van der Waals surface area contributed by atoms with Crippen molar-refractivity contribution in [2.24, 2.45) is 0 Å². The largest absolute Gasteiger partial charge is 0.357 e. The van der Waals surface area contributed by atoms with Gasteiger partial charge in [0.05, 0.1) is 5.69 Å². The molecule has 3 nitrogen and oxygen atoms in total. The van der Waals surface area contributed by atoms with Gasteiger partial charge in [-0.15, -0.1) is 11.3 Å². The highest BCUT2D eigenvalue weighted by Gasteiger charge is 2.18. The van der Waals surface area contributed by atoms with Gasteiger partial charge < -0.3 is 10.6 Å². The average Bonchev–Trinajstić information content (AvgIpc) is 2.86. The van der Waals surface area contributed by atoms with Crippen molar-refractivity contribution in [3.63, 3.8) is 0 Å². The van der Waals surface area contributed by atoms with E-state index in [-0.39, 0.29) is 0 Å². The second kappa shape index (κ2) is 4.10. The van der Waals surface area contributed by atoms with Gasteiger partial charge in [0.15, 0.2) is 5.13 Å². The summed E-state index contributed by atoms with van der Waals surface area (Å²) in [6.45, 7) is 2.23. The molecule has 3 rings (SSSR count). The van der Waals surface area contributed by atoms with E-state index in [0.717, 1.165) is 18.2 Å². The average molecular weight is 223 g/mol. The van der Waals surface area contributed by atoms with Gasteiger partial charge in [0, 0.05) is 17.5 Å². The molecule has 2 N–H and O–H groups in total. The van der Waals surface area contributed by atoms with E-state index in [2.05, 4.69) is 10.6 Å². The van der Waals surface area contributed by atoms with Crippen LogP contribution in [0.5, 0.6) is 0 Å². The second-order valence-electron chi connectivity index (χ2n) is 4.43. The predicted octanol–water partition coefficient (Wildman–Crippen LogP) is 1.80. The lowest BCUT2D eigenvalue weighted by Gasteiger charge is -2.08. The fraction of sp³-hybridized carbons (Fsp3) is 0.727. The van der Waals surface area contributed by atoms with Crippen LogP contribution in [0.3, 0.4) is 0 Å². The number of fused-ring (bicyclic) bond motifs is 1. The Hall–Kier alpha value is -0.610. The van der Waals surface area contributed by atoms with Crippen LogP contribution in [0.25, 0.3) is 0 Å². The van der Waals surface area contributed by atoms with E-state index in [9.17, 15) is 0 Å². The van der Waals surface area contributed by atoms with Gasteiger partial charge in [0.1, 0.15) is 0 Å². The Morgan fingerprint density at radius 2 is 2.27 bits per heavy atom. The summed E-state index contributed by atoms with van der Waals surface area (Å²) in [6.07, 6.45) is 6.33. The molecule has 2 heterocycles. The molecule has 0 bridgehead atoms. The number of hydrogen-bond donors (Lipinski definition) is 2. The van der Waals surface area contributed by atoms with E-state index >= 15 is 0 Å². The highest BCUT2D eigenvalue weighted by molar-refractivity contribution is 7.15. The number of aromatic nitrogens is 1. The third kappa shape index (κ3) is 2.01. The Kier molecular flexibility index (Phi) is 2.63. The smallest absolute Gasteiger partial charge is 0.183 e. The van der Waals surface area contributed by atoms with Crippen molar-refractivity contribution in [2.75, 3.05) is 18.4 Å². The molecule has 1 aromatic heterocycles. The molecule has 2 aliphatic rings. The second-order valence-corrected chi connectivity index (χ2v) is 5.51. The molecule has 1 aromatic rings. The van der Waals surface area contributed by atoms with E-state index < -0.39 is 0 Å². The number of aryl methyl sites for hydroxylation is 2. The molecule has 1 atom stereocenters. The fourth-order valence-electron chi connectivity index (χ4n) is 2.37. The van der Waals surface area contributed by atoms with E-state index in [0.29, 0.717) is 6.04 Å². The zero-order valence-corrected chi connectivity index (χ0v) is 9.70. The van der Waals surface area contributed by atoms with Crippen molar-refractivity contribution < 1.29 is 0 Å². The maximum atomic E-state index is 4.69. The van der Waals surface area contributed by atoms with Gasteiger partial charge in [-0.05, 0) is 38.6 Å². The molecule has 1 aliphatic carbocycles. The SMILES string of the molecule is C1CCc2sc(NC3CCNC3)nc2C1. The van der Waals surface area contributed by atoms with Crippen LogP contribution < -0.4 is 10.6 Å². The number of nitrogens with one attached hydrogen (secondary N) is 2. The van der Waals surface area contributed by atoms with Crippen LogP contribution in [0, 0.1) is 0 Å². The van der Waals surface area contributed by atoms with Crippen LogP contribution in [0.15, 0.2) is 0 Å². The summed E-state index contributed by atoms with van der Waals surface area (Å²) in [7, 11) is 0. The first-order valence-electron chi connectivity index (χ1n) is 5.87. The summed E-state index contributed by atoms with van der Waals surface area (Å²) in [4.78, 5) is 6.22. The van der Waals surface area contributed by atoms with Gasteiger partial charge in [-0.1, -0.05) is 0 Å². The van der Waals surface area contributed by atoms with Gasteiger partial charge in [0.2, 0.25) is 0 Å². The lowest BCUT2D eigenvalue weighted by molar-refractivity contribution is 0.682. The van der Waals surface area contributed by atoms with Crippen LogP contribution >= 0.6 is 11.3 Å². The minimum atomic E-state index is 0.595. The fourth-order valence-corrected chi connectivity index (χ4v) is 3.49. The third-order valence-electron chi connectivity index (χ3n) is 3.23. The molecule has 1 fully saturated rings. The van der Waals surface area contributed by atoms with Crippen molar-refractivity contribution in [3.05, 3.63) is 10.6 Å². The Balaban J connectivity index is 1.72. The maximum Gasteiger partial charge on any atom is 0.183 e. The normalized spacial score (nSPS) is 25.2. The van der Waals surface area contributed by atoms with Gasteiger partial charge in [-0.25, -0.2) is 4.98 Å². The molecule has 0 saturated carbocycles. The first kappa shape index (κ1) is 9.60. The van der Waals surface area contributed by atoms with Gasteiger partial charge in [0.25, 0.3) is 0 Å². The van der Waals surface area contributed by atoms with Crippen LogP contribution in [0.1, 0.15) is 29.8 Å². The summed E-state index contributed by atoms with van der Waals surface area (Å²) in [5.41, 5.74) is 1.36. The Morgan fingerprint density at radius 1 is 1.33 bits per heavy atom. The number of nitrogens with zero attached hydrogens (tertiary/aromatic N) is 1. The van der Waals surface area contributed by atoms with Crippen LogP contribution in [0.4, 0.5) is 5.13 Å². The van der Waals surface area contributed by atoms with Gasteiger partial charge >= 0.3 is 0 Å². The van der Waals surface area contributed by atoms with Crippen molar-refractivity contribution in [2.45, 2.75) is 38.1 Å². The minimum Gasteiger partial charge on any atom is -0.357 e.